The van der Waals surface area contributed by atoms with Gasteiger partial charge in [0.15, 0.2) is 25.9 Å². The van der Waals surface area contributed by atoms with Crippen LogP contribution in [-0.4, -0.2) is 55.2 Å². The Hall–Kier alpha value is -2.26. The Morgan fingerprint density at radius 1 is 1.34 bits per heavy atom. The van der Waals surface area contributed by atoms with E-state index >= 15 is 0 Å². The van der Waals surface area contributed by atoms with Crippen molar-refractivity contribution in [2.24, 2.45) is 0 Å². The van der Waals surface area contributed by atoms with Crippen molar-refractivity contribution >= 4 is 71.1 Å². The van der Waals surface area contributed by atoms with Gasteiger partial charge in [-0.25, -0.2) is 32.6 Å². The molecule has 0 radical (unpaired) electrons. The van der Waals surface area contributed by atoms with Gasteiger partial charge in [0.05, 0.1) is 11.9 Å². The summed E-state index contributed by atoms with van der Waals surface area (Å²) in [7, 11) is -3.63. The lowest BCUT2D eigenvalue weighted by Gasteiger charge is -2.20. The van der Waals surface area contributed by atoms with Crippen LogP contribution in [0.3, 0.4) is 0 Å². The number of carbonyl (C=O) groups excluding carboxylic acids is 1. The molecule has 0 saturated carbocycles. The van der Waals surface area contributed by atoms with Gasteiger partial charge in [-0.2, -0.15) is 0 Å². The minimum absolute atomic E-state index is 0.0673. The van der Waals surface area contributed by atoms with E-state index in [-0.39, 0.29) is 22.6 Å². The van der Waals surface area contributed by atoms with Crippen LogP contribution in [0.25, 0.3) is 21.7 Å². The smallest absolute Gasteiger partial charge is 0.262 e. The third-order valence-electron chi connectivity index (χ3n) is 3.32. The molecule has 1 atom stereocenters. The lowest BCUT2D eigenvalue weighted by molar-refractivity contribution is -0.114. The fraction of sp³-hybridized carbons (Fsp3) is 0.214. The maximum Gasteiger partial charge on any atom is 0.262 e. The molecule has 0 bridgehead atoms. The molecule has 0 saturated heterocycles. The molecule has 1 unspecified atom stereocenters. The molecular formula is C14H13ClN6O5S3. The first-order valence-corrected chi connectivity index (χ1v) is 12.0. The van der Waals surface area contributed by atoms with Gasteiger partial charge in [0.2, 0.25) is 5.91 Å². The molecule has 2 N–H and O–H groups in total. The summed E-state index contributed by atoms with van der Waals surface area (Å²) in [5.41, 5.74) is 0.743. The molecule has 154 valence electrons. The largest absolute Gasteiger partial charge is 0.302 e. The molecule has 0 spiro atoms. The Bertz CT molecular complexity index is 1230. The number of carbonyl (C=O) groups is 1. The van der Waals surface area contributed by atoms with Crippen LogP contribution in [0.15, 0.2) is 18.5 Å². The average molecular weight is 477 g/mol. The summed E-state index contributed by atoms with van der Waals surface area (Å²) in [6.07, 6.45) is 3.72. The lowest BCUT2D eigenvalue weighted by atomic mass is 10.2. The Labute approximate surface area is 176 Å². The molecule has 0 aliphatic heterocycles. The standard InChI is InChI=1S/C14H13ClN6O5S3/c1-7(22)18-14-19-9-5-17-12(20-13(9)27-14)8-3-10(11(15)16-4-8)21(28(23)24)6-29(2,25)26/h3-5H,6H2,1-2H3,(H,23,24)(H,18,19,22). The predicted octanol–water partition coefficient (Wildman–Crippen LogP) is 1.71. The number of anilines is 2. The van der Waals surface area contributed by atoms with E-state index < -0.39 is 27.0 Å². The van der Waals surface area contributed by atoms with E-state index in [0.717, 1.165) is 17.6 Å². The summed E-state index contributed by atoms with van der Waals surface area (Å²) in [5, 5.41) is 2.77. The molecule has 3 aromatic rings. The zero-order valence-electron chi connectivity index (χ0n) is 14.9. The molecule has 3 rings (SSSR count). The second-order valence-corrected chi connectivity index (χ2v) is 10.1. The van der Waals surface area contributed by atoms with E-state index in [0.29, 0.717) is 25.3 Å². The molecule has 11 nitrogen and oxygen atoms in total. The van der Waals surface area contributed by atoms with Gasteiger partial charge in [-0.05, 0) is 6.07 Å². The fourth-order valence-corrected chi connectivity index (χ4v) is 5.14. The predicted molar refractivity (Wildman–Crippen MR) is 111 cm³/mol. The van der Waals surface area contributed by atoms with Crippen molar-refractivity contribution in [3.05, 3.63) is 23.6 Å². The highest BCUT2D eigenvalue weighted by Gasteiger charge is 2.22. The molecule has 0 aliphatic carbocycles. The van der Waals surface area contributed by atoms with Crippen molar-refractivity contribution < 1.29 is 22.0 Å². The number of pyridine rings is 1. The number of halogens is 1. The van der Waals surface area contributed by atoms with Gasteiger partial charge in [-0.1, -0.05) is 22.9 Å². The van der Waals surface area contributed by atoms with Crippen LogP contribution in [-0.2, 0) is 25.9 Å². The van der Waals surface area contributed by atoms with E-state index in [1.807, 2.05) is 0 Å². The number of fused-ring (bicyclic) bond motifs is 1. The maximum absolute atomic E-state index is 11.7. The highest BCUT2D eigenvalue weighted by Crippen LogP contribution is 2.31. The third-order valence-corrected chi connectivity index (χ3v) is 6.09. The van der Waals surface area contributed by atoms with E-state index in [1.54, 1.807) is 0 Å². The first-order valence-electron chi connectivity index (χ1n) is 7.67. The van der Waals surface area contributed by atoms with Gasteiger partial charge in [0.25, 0.3) is 11.3 Å². The summed E-state index contributed by atoms with van der Waals surface area (Å²) >= 11 is 4.50. The zero-order valence-corrected chi connectivity index (χ0v) is 18.1. The van der Waals surface area contributed by atoms with Crippen molar-refractivity contribution in [2.45, 2.75) is 6.92 Å². The molecule has 0 aromatic carbocycles. The first-order chi connectivity index (χ1) is 13.5. The second kappa shape index (κ2) is 8.23. The summed E-state index contributed by atoms with van der Waals surface area (Å²) in [4.78, 5) is 28.3. The Morgan fingerprint density at radius 2 is 2.07 bits per heavy atom. The molecule has 0 aliphatic rings. The average Bonchev–Trinajstić information content (AvgIpc) is 2.99. The summed E-state index contributed by atoms with van der Waals surface area (Å²) in [6.45, 7) is 1.36. The van der Waals surface area contributed by atoms with Crippen LogP contribution >= 0.6 is 22.9 Å². The molecule has 3 aromatic heterocycles. The lowest BCUT2D eigenvalue weighted by Crippen LogP contribution is -2.31. The number of nitrogens with zero attached hydrogens (tertiary/aromatic N) is 5. The molecule has 29 heavy (non-hydrogen) atoms. The first kappa shape index (κ1) is 21.4. The van der Waals surface area contributed by atoms with Gasteiger partial charge in [0, 0.05) is 24.9 Å². The van der Waals surface area contributed by atoms with Crippen LogP contribution in [0.2, 0.25) is 5.15 Å². The number of hydrogen-bond acceptors (Lipinski definition) is 9. The van der Waals surface area contributed by atoms with E-state index in [9.17, 15) is 22.0 Å². The van der Waals surface area contributed by atoms with Crippen molar-refractivity contribution in [2.75, 3.05) is 21.8 Å². The third kappa shape index (κ3) is 5.22. The number of nitrogens with one attached hydrogen (secondary N) is 1. The Kier molecular flexibility index (Phi) is 6.09. The zero-order chi connectivity index (χ0) is 21.3. The van der Waals surface area contributed by atoms with Crippen molar-refractivity contribution in [3.63, 3.8) is 0 Å². The highest BCUT2D eigenvalue weighted by molar-refractivity contribution is 7.92. The van der Waals surface area contributed by atoms with Crippen LogP contribution < -0.4 is 9.62 Å². The van der Waals surface area contributed by atoms with E-state index in [1.165, 1.54) is 25.4 Å². The van der Waals surface area contributed by atoms with Crippen LogP contribution in [0, 0.1) is 0 Å². The summed E-state index contributed by atoms with van der Waals surface area (Å²) in [5.74, 6) is -0.800. The molecular weight excluding hydrogens is 464 g/mol. The molecule has 1 amide bonds. The van der Waals surface area contributed by atoms with Gasteiger partial charge in [-0.15, -0.1) is 0 Å². The van der Waals surface area contributed by atoms with E-state index in [2.05, 4.69) is 25.3 Å². The van der Waals surface area contributed by atoms with Crippen LogP contribution in [0.1, 0.15) is 6.92 Å². The number of rotatable bonds is 6. The number of hydrogen-bond donors (Lipinski definition) is 2. The summed E-state index contributed by atoms with van der Waals surface area (Å²) in [6, 6.07) is 1.37. The highest BCUT2D eigenvalue weighted by atomic mass is 35.5. The second-order valence-electron chi connectivity index (χ2n) is 5.78. The number of sulfone groups is 1. The van der Waals surface area contributed by atoms with Crippen molar-refractivity contribution in [1.82, 2.24) is 19.9 Å². The SMILES string of the molecule is CC(=O)Nc1nc2cnc(-c3cnc(Cl)c(N(CS(C)(=O)=O)S(=O)O)c3)nc2s1. The number of thiazole rings is 1. The van der Waals surface area contributed by atoms with Crippen LogP contribution in [0.5, 0.6) is 0 Å². The molecule has 15 heteroatoms. The number of aromatic nitrogens is 4. The van der Waals surface area contributed by atoms with Gasteiger partial charge < -0.3 is 5.32 Å². The maximum atomic E-state index is 11.7. The molecule has 3 heterocycles. The minimum atomic E-state index is -3.63. The van der Waals surface area contributed by atoms with Gasteiger partial charge >= 0.3 is 0 Å². The fourth-order valence-electron chi connectivity index (χ4n) is 2.22. The Morgan fingerprint density at radius 3 is 2.69 bits per heavy atom. The van der Waals surface area contributed by atoms with Crippen molar-refractivity contribution in [3.8, 4) is 11.4 Å². The monoisotopic (exact) mass is 476 g/mol. The van der Waals surface area contributed by atoms with Crippen molar-refractivity contribution in [1.29, 1.82) is 0 Å². The number of amides is 1. The topological polar surface area (TPSA) is 155 Å². The van der Waals surface area contributed by atoms with Crippen LogP contribution in [0.4, 0.5) is 10.8 Å². The van der Waals surface area contributed by atoms with Gasteiger partial charge in [-0.3, -0.25) is 13.7 Å². The Balaban J connectivity index is 2.04. The van der Waals surface area contributed by atoms with E-state index in [4.69, 9.17) is 11.6 Å². The quantitative estimate of drug-likeness (QED) is 0.399. The summed E-state index contributed by atoms with van der Waals surface area (Å²) < 4.78 is 45.1. The minimum Gasteiger partial charge on any atom is -0.302 e. The normalized spacial score (nSPS) is 12.7. The molecule has 0 fully saturated rings. The van der Waals surface area contributed by atoms with Gasteiger partial charge in [0.1, 0.15) is 16.2 Å².